The molecule has 0 radical (unpaired) electrons. The first-order valence-electron chi connectivity index (χ1n) is 8.66. The summed E-state index contributed by atoms with van der Waals surface area (Å²) in [5, 5.41) is 11.2. The summed E-state index contributed by atoms with van der Waals surface area (Å²) >= 11 is 6.28. The van der Waals surface area contributed by atoms with Gasteiger partial charge < -0.3 is 5.11 Å². The van der Waals surface area contributed by atoms with Crippen molar-refractivity contribution in [2.24, 2.45) is 0 Å². The van der Waals surface area contributed by atoms with Gasteiger partial charge in [0.05, 0.1) is 21.5 Å². The summed E-state index contributed by atoms with van der Waals surface area (Å²) in [5.74, 6) is 0.485. The summed E-state index contributed by atoms with van der Waals surface area (Å²) in [5.41, 5.74) is 1.90. The number of para-hydroxylation sites is 2. The van der Waals surface area contributed by atoms with Crippen LogP contribution in [0.1, 0.15) is 5.56 Å². The van der Waals surface area contributed by atoms with Crippen LogP contribution in [0.2, 0.25) is 5.02 Å². The SMILES string of the molecule is O=c1c2cccc(Cl)c2nc(-c2ccccc2O)n1CCc1ccccc1. The maximum absolute atomic E-state index is 13.2. The van der Waals surface area contributed by atoms with Crippen LogP contribution in [-0.4, -0.2) is 14.7 Å². The summed E-state index contributed by atoms with van der Waals surface area (Å²) in [6.45, 7) is 0.446. The minimum Gasteiger partial charge on any atom is -0.507 e. The van der Waals surface area contributed by atoms with Crippen molar-refractivity contribution in [1.82, 2.24) is 9.55 Å². The highest BCUT2D eigenvalue weighted by atomic mass is 35.5. The number of hydrogen-bond acceptors (Lipinski definition) is 3. The van der Waals surface area contributed by atoms with Crippen LogP contribution in [0.3, 0.4) is 0 Å². The molecule has 0 aliphatic heterocycles. The van der Waals surface area contributed by atoms with Gasteiger partial charge in [0, 0.05) is 6.54 Å². The first kappa shape index (κ1) is 17.3. The van der Waals surface area contributed by atoms with Gasteiger partial charge in [-0.1, -0.05) is 60.1 Å². The van der Waals surface area contributed by atoms with E-state index >= 15 is 0 Å². The Kier molecular flexibility index (Phi) is 4.65. The number of hydrogen-bond donors (Lipinski definition) is 1. The van der Waals surface area contributed by atoms with E-state index in [1.54, 1.807) is 47.0 Å². The number of phenolic OH excluding ortho intramolecular Hbond substituents is 1. The number of halogens is 1. The highest BCUT2D eigenvalue weighted by Crippen LogP contribution is 2.29. The zero-order valence-corrected chi connectivity index (χ0v) is 15.2. The van der Waals surface area contributed by atoms with Crippen molar-refractivity contribution in [3.8, 4) is 17.1 Å². The highest BCUT2D eigenvalue weighted by Gasteiger charge is 2.16. The summed E-state index contributed by atoms with van der Waals surface area (Å²) in [4.78, 5) is 17.8. The van der Waals surface area contributed by atoms with E-state index in [-0.39, 0.29) is 11.3 Å². The van der Waals surface area contributed by atoms with Crippen molar-refractivity contribution < 1.29 is 5.11 Å². The third kappa shape index (κ3) is 3.32. The molecule has 0 atom stereocenters. The fourth-order valence-electron chi connectivity index (χ4n) is 3.17. The topological polar surface area (TPSA) is 55.1 Å². The molecule has 3 aromatic carbocycles. The van der Waals surface area contributed by atoms with Crippen LogP contribution >= 0.6 is 11.6 Å². The maximum Gasteiger partial charge on any atom is 0.261 e. The third-order valence-electron chi connectivity index (χ3n) is 4.55. The fourth-order valence-corrected chi connectivity index (χ4v) is 3.39. The second kappa shape index (κ2) is 7.25. The van der Waals surface area contributed by atoms with E-state index in [0.717, 1.165) is 5.56 Å². The Morgan fingerprint density at radius 2 is 1.67 bits per heavy atom. The lowest BCUT2D eigenvalue weighted by atomic mass is 10.1. The molecule has 0 unspecified atom stereocenters. The molecule has 0 saturated carbocycles. The predicted molar refractivity (Wildman–Crippen MR) is 108 cm³/mol. The van der Waals surface area contributed by atoms with Gasteiger partial charge >= 0.3 is 0 Å². The van der Waals surface area contributed by atoms with Crippen molar-refractivity contribution in [2.75, 3.05) is 0 Å². The van der Waals surface area contributed by atoms with Crippen LogP contribution in [0.15, 0.2) is 77.6 Å². The zero-order chi connectivity index (χ0) is 18.8. The lowest BCUT2D eigenvalue weighted by molar-refractivity contribution is 0.476. The first-order chi connectivity index (χ1) is 13.1. The van der Waals surface area contributed by atoms with E-state index < -0.39 is 0 Å². The van der Waals surface area contributed by atoms with E-state index in [1.165, 1.54) is 0 Å². The van der Waals surface area contributed by atoms with Gasteiger partial charge in [0.15, 0.2) is 0 Å². The maximum atomic E-state index is 13.2. The molecule has 1 N–H and O–H groups in total. The van der Waals surface area contributed by atoms with Gasteiger partial charge in [-0.3, -0.25) is 9.36 Å². The number of benzene rings is 3. The van der Waals surface area contributed by atoms with E-state index in [4.69, 9.17) is 11.6 Å². The standard InChI is InChI=1S/C22H17ClN2O2/c23-18-11-6-10-17-20(18)24-21(16-9-4-5-12-19(16)26)25(22(17)27)14-13-15-7-2-1-3-8-15/h1-12,26H,13-14H2. The van der Waals surface area contributed by atoms with Crippen LogP contribution in [-0.2, 0) is 13.0 Å². The number of nitrogens with zero attached hydrogens (tertiary/aromatic N) is 2. The second-order valence-electron chi connectivity index (χ2n) is 6.28. The van der Waals surface area contributed by atoms with E-state index in [2.05, 4.69) is 4.98 Å². The average Bonchev–Trinajstić information content (AvgIpc) is 2.69. The molecule has 0 aliphatic rings. The van der Waals surface area contributed by atoms with Gasteiger partial charge in [0.2, 0.25) is 0 Å². The number of rotatable bonds is 4. The van der Waals surface area contributed by atoms with Crippen molar-refractivity contribution in [2.45, 2.75) is 13.0 Å². The monoisotopic (exact) mass is 376 g/mol. The van der Waals surface area contributed by atoms with Crippen LogP contribution in [0.25, 0.3) is 22.3 Å². The molecule has 0 spiro atoms. The van der Waals surface area contributed by atoms with Crippen molar-refractivity contribution in [1.29, 1.82) is 0 Å². The Morgan fingerprint density at radius 1 is 0.926 bits per heavy atom. The van der Waals surface area contributed by atoms with Gasteiger partial charge in [-0.15, -0.1) is 0 Å². The van der Waals surface area contributed by atoms with Gasteiger partial charge in [-0.05, 0) is 36.2 Å². The first-order valence-corrected chi connectivity index (χ1v) is 9.04. The quantitative estimate of drug-likeness (QED) is 0.563. The Balaban J connectivity index is 1.92. The molecule has 4 rings (SSSR count). The molecule has 0 bridgehead atoms. The summed E-state index contributed by atoms with van der Waals surface area (Å²) in [7, 11) is 0. The van der Waals surface area contributed by atoms with Gasteiger partial charge in [-0.2, -0.15) is 0 Å². The molecular formula is C22H17ClN2O2. The normalized spacial score (nSPS) is 11.0. The van der Waals surface area contributed by atoms with Crippen LogP contribution in [0.4, 0.5) is 0 Å². The molecule has 1 heterocycles. The number of aromatic nitrogens is 2. The molecule has 0 aliphatic carbocycles. The highest BCUT2D eigenvalue weighted by molar-refractivity contribution is 6.35. The third-order valence-corrected chi connectivity index (χ3v) is 4.85. The number of phenols is 1. The predicted octanol–water partition coefficient (Wildman–Crippen LogP) is 4.67. The van der Waals surface area contributed by atoms with Crippen LogP contribution in [0.5, 0.6) is 5.75 Å². The molecule has 134 valence electrons. The Hall–Kier alpha value is -3.11. The molecular weight excluding hydrogens is 360 g/mol. The Morgan fingerprint density at radius 3 is 2.44 bits per heavy atom. The number of aromatic hydroxyl groups is 1. The van der Waals surface area contributed by atoms with E-state index in [0.29, 0.717) is 40.3 Å². The Labute approximate surface area is 161 Å². The molecule has 5 heteroatoms. The van der Waals surface area contributed by atoms with Gasteiger partial charge in [0.25, 0.3) is 5.56 Å². The lowest BCUT2D eigenvalue weighted by Crippen LogP contribution is -2.24. The van der Waals surface area contributed by atoms with Gasteiger partial charge in [0.1, 0.15) is 11.6 Å². The van der Waals surface area contributed by atoms with Crippen LogP contribution < -0.4 is 5.56 Å². The van der Waals surface area contributed by atoms with Gasteiger partial charge in [-0.25, -0.2) is 4.98 Å². The van der Waals surface area contributed by atoms with E-state index in [1.807, 2.05) is 30.3 Å². The molecule has 27 heavy (non-hydrogen) atoms. The van der Waals surface area contributed by atoms with Crippen LogP contribution in [0, 0.1) is 0 Å². The summed E-state index contributed by atoms with van der Waals surface area (Å²) in [6.07, 6.45) is 0.676. The largest absolute Gasteiger partial charge is 0.507 e. The van der Waals surface area contributed by atoms with E-state index in [9.17, 15) is 9.90 Å². The molecule has 0 saturated heterocycles. The molecule has 0 amide bonds. The smallest absolute Gasteiger partial charge is 0.261 e. The number of aryl methyl sites for hydroxylation is 1. The second-order valence-corrected chi connectivity index (χ2v) is 6.69. The minimum absolute atomic E-state index is 0.0734. The molecule has 4 aromatic rings. The molecule has 1 aromatic heterocycles. The molecule has 4 nitrogen and oxygen atoms in total. The van der Waals surface area contributed by atoms with Crippen molar-refractivity contribution in [3.63, 3.8) is 0 Å². The zero-order valence-electron chi connectivity index (χ0n) is 14.5. The summed E-state index contributed by atoms with van der Waals surface area (Å²) < 4.78 is 1.61. The van der Waals surface area contributed by atoms with Crippen molar-refractivity contribution in [3.05, 3.63) is 93.7 Å². The fraction of sp³-hybridized carbons (Fsp3) is 0.0909. The minimum atomic E-state index is -0.170. The molecule has 0 fully saturated rings. The Bertz CT molecular complexity index is 1170. The lowest BCUT2D eigenvalue weighted by Gasteiger charge is -2.15. The summed E-state index contributed by atoms with van der Waals surface area (Å²) in [6, 6.07) is 22.0. The van der Waals surface area contributed by atoms with Crippen molar-refractivity contribution >= 4 is 22.5 Å². The average molecular weight is 377 g/mol. The number of fused-ring (bicyclic) bond motifs is 1.